The number of ether oxygens (including phenoxy) is 2. The Labute approximate surface area is 262 Å². The Bertz CT molecular complexity index is 734. The summed E-state index contributed by atoms with van der Waals surface area (Å²) in [6, 6.07) is 0. The van der Waals surface area contributed by atoms with Crippen molar-refractivity contribution < 1.29 is 37.6 Å². The maximum atomic E-state index is 12.4. The van der Waals surface area contributed by atoms with Gasteiger partial charge in [-0.15, -0.1) is 0 Å². The highest BCUT2D eigenvalue weighted by atomic mass is 31.2. The lowest BCUT2D eigenvalue weighted by Crippen LogP contribution is -2.29. The summed E-state index contributed by atoms with van der Waals surface area (Å²) >= 11 is 0. The van der Waals surface area contributed by atoms with Crippen LogP contribution < -0.4 is 5.73 Å². The van der Waals surface area contributed by atoms with Gasteiger partial charge in [0.2, 0.25) is 0 Å². The summed E-state index contributed by atoms with van der Waals surface area (Å²) in [6.07, 6.45) is 26.8. The Morgan fingerprint density at radius 1 is 0.674 bits per heavy atom. The molecule has 10 heteroatoms. The van der Waals surface area contributed by atoms with Crippen molar-refractivity contribution in [2.24, 2.45) is 5.73 Å². The van der Waals surface area contributed by atoms with E-state index in [4.69, 9.17) is 24.3 Å². The van der Waals surface area contributed by atoms with Crippen molar-refractivity contribution in [2.75, 3.05) is 26.4 Å². The number of unbranched alkanes of at least 4 members (excludes halogenated alkanes) is 17. The van der Waals surface area contributed by atoms with Gasteiger partial charge in [0.05, 0.1) is 13.2 Å². The largest absolute Gasteiger partial charge is 0.472 e. The zero-order chi connectivity index (χ0) is 31.9. The summed E-state index contributed by atoms with van der Waals surface area (Å²) in [5.74, 6) is -0.849. The van der Waals surface area contributed by atoms with E-state index in [-0.39, 0.29) is 38.6 Å². The third-order valence-corrected chi connectivity index (χ3v) is 8.14. The Hall–Kier alpha value is -1.25. The lowest BCUT2D eigenvalue weighted by atomic mass is 10.1. The third-order valence-electron chi connectivity index (χ3n) is 7.15. The maximum Gasteiger partial charge on any atom is 0.472 e. The van der Waals surface area contributed by atoms with E-state index in [1.54, 1.807) is 0 Å². The van der Waals surface area contributed by atoms with Crippen molar-refractivity contribution in [3.63, 3.8) is 0 Å². The second kappa shape index (κ2) is 30.8. The number of phosphoric ester groups is 1. The maximum absolute atomic E-state index is 12.4. The second-order valence-corrected chi connectivity index (χ2v) is 12.8. The van der Waals surface area contributed by atoms with Gasteiger partial charge in [-0.05, 0) is 38.5 Å². The van der Waals surface area contributed by atoms with Crippen LogP contribution in [-0.4, -0.2) is 49.3 Å². The van der Waals surface area contributed by atoms with Crippen molar-refractivity contribution in [3.8, 4) is 0 Å². The number of carbonyl (C=O) groups excluding carboxylic acids is 2. The molecule has 0 amide bonds. The fourth-order valence-corrected chi connectivity index (χ4v) is 5.33. The molecule has 0 heterocycles. The fraction of sp³-hybridized carbons (Fsp3) is 0.879. The van der Waals surface area contributed by atoms with Crippen LogP contribution in [0, 0.1) is 0 Å². The molecule has 9 nitrogen and oxygen atoms in total. The van der Waals surface area contributed by atoms with Crippen LogP contribution in [0.15, 0.2) is 12.2 Å². The van der Waals surface area contributed by atoms with E-state index in [2.05, 4.69) is 26.0 Å². The molecule has 0 radical (unpaired) electrons. The summed E-state index contributed by atoms with van der Waals surface area (Å²) in [4.78, 5) is 34.5. The van der Waals surface area contributed by atoms with E-state index >= 15 is 0 Å². The molecule has 0 aromatic rings. The average Bonchev–Trinajstić information content (AvgIpc) is 2.99. The normalized spacial score (nSPS) is 13.7. The SMILES string of the molecule is CCCCCCCC/C=C/CCCCCC(=O)O[C@H](COC(=O)CCCCCCCCCCC)COP(=O)(O)OCCN. The molecular weight excluding hydrogens is 569 g/mol. The summed E-state index contributed by atoms with van der Waals surface area (Å²) in [6.45, 7) is 3.66. The summed E-state index contributed by atoms with van der Waals surface area (Å²) < 4.78 is 32.5. The molecule has 3 N–H and O–H groups in total. The molecule has 0 spiro atoms. The van der Waals surface area contributed by atoms with Gasteiger partial charge in [0, 0.05) is 19.4 Å². The van der Waals surface area contributed by atoms with Gasteiger partial charge in [0.25, 0.3) is 0 Å². The Kier molecular flexibility index (Phi) is 29.9. The van der Waals surface area contributed by atoms with Gasteiger partial charge in [-0.2, -0.15) is 0 Å². The lowest BCUT2D eigenvalue weighted by molar-refractivity contribution is -0.161. The zero-order valence-corrected chi connectivity index (χ0v) is 28.3. The number of rotatable bonds is 32. The van der Waals surface area contributed by atoms with Gasteiger partial charge in [-0.3, -0.25) is 18.6 Å². The molecule has 2 atom stereocenters. The van der Waals surface area contributed by atoms with Crippen LogP contribution in [0.4, 0.5) is 0 Å². The van der Waals surface area contributed by atoms with Crippen molar-refractivity contribution in [1.82, 2.24) is 0 Å². The van der Waals surface area contributed by atoms with E-state index in [0.717, 1.165) is 44.9 Å². The first-order valence-electron chi connectivity index (χ1n) is 17.2. The van der Waals surface area contributed by atoms with Crippen LogP contribution in [0.2, 0.25) is 0 Å². The molecule has 0 saturated heterocycles. The van der Waals surface area contributed by atoms with E-state index in [1.807, 2.05) is 0 Å². The molecule has 0 aromatic heterocycles. The van der Waals surface area contributed by atoms with Crippen molar-refractivity contribution >= 4 is 19.8 Å². The van der Waals surface area contributed by atoms with Gasteiger partial charge in [-0.1, -0.05) is 116 Å². The van der Waals surface area contributed by atoms with E-state index in [9.17, 15) is 19.0 Å². The van der Waals surface area contributed by atoms with Crippen molar-refractivity contribution in [3.05, 3.63) is 12.2 Å². The van der Waals surface area contributed by atoms with Gasteiger partial charge in [-0.25, -0.2) is 4.57 Å². The number of carbonyl (C=O) groups is 2. The van der Waals surface area contributed by atoms with Crippen molar-refractivity contribution in [2.45, 2.75) is 161 Å². The topological polar surface area (TPSA) is 134 Å². The number of esters is 2. The number of hydrogen-bond acceptors (Lipinski definition) is 8. The molecule has 0 saturated carbocycles. The first kappa shape index (κ1) is 41.8. The monoisotopic (exact) mass is 633 g/mol. The molecule has 0 bridgehead atoms. The zero-order valence-electron chi connectivity index (χ0n) is 27.4. The number of hydrogen-bond donors (Lipinski definition) is 2. The lowest BCUT2D eigenvalue weighted by Gasteiger charge is -2.19. The highest BCUT2D eigenvalue weighted by Crippen LogP contribution is 2.43. The van der Waals surface area contributed by atoms with Crippen LogP contribution >= 0.6 is 7.82 Å². The molecular formula is C33H64NO8P. The minimum atomic E-state index is -4.36. The quantitative estimate of drug-likeness (QED) is 0.0323. The molecule has 254 valence electrons. The van der Waals surface area contributed by atoms with Gasteiger partial charge in [0.1, 0.15) is 6.61 Å². The standard InChI is InChI=1S/C33H64NO8P/c1-3-5-7-9-11-13-14-15-16-18-20-22-24-26-33(36)42-31(30-41-43(37,38)40-28-27-34)29-39-32(35)25-23-21-19-17-12-10-8-6-4-2/h15-16,31H,3-14,17-30,34H2,1-2H3,(H,37,38)/b16-15+/t31-/m1/s1. The van der Waals surface area contributed by atoms with Crippen LogP contribution in [-0.2, 0) is 32.7 Å². The second-order valence-electron chi connectivity index (χ2n) is 11.4. The molecule has 0 aromatic carbocycles. The predicted octanol–water partition coefficient (Wildman–Crippen LogP) is 8.71. The smallest absolute Gasteiger partial charge is 0.462 e. The van der Waals surface area contributed by atoms with Gasteiger partial charge >= 0.3 is 19.8 Å². The number of allylic oxidation sites excluding steroid dienone is 2. The summed E-state index contributed by atoms with van der Waals surface area (Å²) in [7, 11) is -4.36. The molecule has 0 aliphatic rings. The third kappa shape index (κ3) is 30.6. The molecule has 0 aliphatic heterocycles. The van der Waals surface area contributed by atoms with Crippen LogP contribution in [0.3, 0.4) is 0 Å². The van der Waals surface area contributed by atoms with Crippen molar-refractivity contribution in [1.29, 1.82) is 0 Å². The average molecular weight is 634 g/mol. The minimum absolute atomic E-state index is 0.0533. The summed E-state index contributed by atoms with van der Waals surface area (Å²) in [5, 5.41) is 0. The molecule has 0 rings (SSSR count). The Balaban J connectivity index is 4.30. The fourth-order valence-electron chi connectivity index (χ4n) is 4.57. The molecule has 1 unspecified atom stereocenters. The Morgan fingerprint density at radius 3 is 1.67 bits per heavy atom. The first-order chi connectivity index (χ1) is 20.8. The van der Waals surface area contributed by atoms with Gasteiger partial charge < -0.3 is 20.1 Å². The van der Waals surface area contributed by atoms with Crippen LogP contribution in [0.1, 0.15) is 155 Å². The number of nitrogens with two attached hydrogens (primary N) is 1. The number of phosphoric acid groups is 1. The minimum Gasteiger partial charge on any atom is -0.462 e. The highest BCUT2D eigenvalue weighted by Gasteiger charge is 2.25. The summed E-state index contributed by atoms with van der Waals surface area (Å²) in [5.41, 5.74) is 5.31. The van der Waals surface area contributed by atoms with Crippen LogP contribution in [0.5, 0.6) is 0 Å². The Morgan fingerprint density at radius 2 is 1.14 bits per heavy atom. The van der Waals surface area contributed by atoms with E-state index in [1.165, 1.54) is 77.0 Å². The first-order valence-corrected chi connectivity index (χ1v) is 18.7. The predicted molar refractivity (Wildman–Crippen MR) is 174 cm³/mol. The molecule has 43 heavy (non-hydrogen) atoms. The molecule has 0 fully saturated rings. The van der Waals surface area contributed by atoms with E-state index in [0.29, 0.717) is 6.42 Å². The molecule has 0 aliphatic carbocycles. The van der Waals surface area contributed by atoms with Crippen LogP contribution in [0.25, 0.3) is 0 Å². The van der Waals surface area contributed by atoms with Gasteiger partial charge in [0.15, 0.2) is 6.10 Å². The van der Waals surface area contributed by atoms with E-state index < -0.39 is 26.5 Å². The highest BCUT2D eigenvalue weighted by molar-refractivity contribution is 7.47.